The van der Waals surface area contributed by atoms with Crippen molar-refractivity contribution in [2.75, 3.05) is 0 Å². The summed E-state index contributed by atoms with van der Waals surface area (Å²) in [6, 6.07) is 12.9. The molecule has 2 heterocycles. The molecule has 0 radical (unpaired) electrons. The average molecular weight is 720 g/mol. The Labute approximate surface area is 283 Å². The minimum absolute atomic E-state index is 0.155. The molecular formula is C35H34F4NO9P. The van der Waals surface area contributed by atoms with Gasteiger partial charge in [0.05, 0.1) is 16.5 Å². The molecule has 0 amide bonds. The number of ether oxygens (including phenoxy) is 2. The topological polar surface area (TPSA) is 141 Å². The summed E-state index contributed by atoms with van der Waals surface area (Å²) < 4.78 is 93.4. The average Bonchev–Trinajstić information content (AvgIpc) is 3.47. The standard InChI is InChI=1S/C35H34F4NO9P/c1-32(2,3)35(33(4,5)6,49-50(42,43)44)48-25-9-7-20(8-10-25)28-19-46-29-16-26(11-12-27(29)30(28)41)45-17-24-18-47-31(40-24)21-13-22(34(37,38)39)15-23(36)14-21/h7-16,18-19H,17H2,1-6H3,(H2,42,43,44). The van der Waals surface area contributed by atoms with Gasteiger partial charge in [-0.1, -0.05) is 53.7 Å². The summed E-state index contributed by atoms with van der Waals surface area (Å²) in [6.45, 7) is 10.3. The van der Waals surface area contributed by atoms with E-state index in [2.05, 4.69) is 4.98 Å². The number of benzene rings is 3. The lowest BCUT2D eigenvalue weighted by Gasteiger charge is -2.51. The van der Waals surface area contributed by atoms with E-state index in [1.807, 2.05) is 0 Å². The number of alkyl halides is 3. The van der Waals surface area contributed by atoms with E-state index in [-0.39, 0.29) is 51.5 Å². The number of hydrogen-bond acceptors (Lipinski definition) is 8. The van der Waals surface area contributed by atoms with Gasteiger partial charge in [0.25, 0.3) is 0 Å². The fourth-order valence-corrected chi connectivity index (χ4v) is 6.62. The molecule has 5 aromatic rings. The van der Waals surface area contributed by atoms with E-state index in [1.54, 1.807) is 65.8 Å². The van der Waals surface area contributed by atoms with Crippen LogP contribution >= 0.6 is 7.82 Å². The highest BCUT2D eigenvalue weighted by Gasteiger charge is 2.58. The number of halogens is 4. The minimum atomic E-state index is -4.98. The summed E-state index contributed by atoms with van der Waals surface area (Å²) in [6.07, 6.45) is -2.29. The number of fused-ring (bicyclic) bond motifs is 1. The van der Waals surface area contributed by atoms with Crippen LogP contribution in [0.15, 0.2) is 86.8 Å². The largest absolute Gasteiger partial charge is 0.487 e. The van der Waals surface area contributed by atoms with E-state index in [0.29, 0.717) is 17.4 Å². The minimum Gasteiger partial charge on any atom is -0.487 e. The van der Waals surface area contributed by atoms with Crippen LogP contribution in [-0.4, -0.2) is 20.6 Å². The third-order valence-electron chi connectivity index (χ3n) is 7.81. The lowest BCUT2D eigenvalue weighted by atomic mass is 9.70. The van der Waals surface area contributed by atoms with Crippen LogP contribution in [0.25, 0.3) is 33.6 Å². The summed E-state index contributed by atoms with van der Waals surface area (Å²) in [5.74, 6) is -2.52. The van der Waals surface area contributed by atoms with Crippen LogP contribution in [0.1, 0.15) is 52.8 Å². The molecule has 0 unspecified atom stereocenters. The van der Waals surface area contributed by atoms with E-state index in [9.17, 15) is 36.7 Å². The molecule has 266 valence electrons. The first-order valence-corrected chi connectivity index (χ1v) is 16.7. The van der Waals surface area contributed by atoms with Gasteiger partial charge < -0.3 is 28.1 Å². The van der Waals surface area contributed by atoms with Crippen molar-refractivity contribution in [3.63, 3.8) is 0 Å². The number of nitrogens with zero attached hydrogens (tertiary/aromatic N) is 1. The number of rotatable bonds is 9. The predicted molar refractivity (Wildman–Crippen MR) is 175 cm³/mol. The molecule has 0 aliphatic heterocycles. The van der Waals surface area contributed by atoms with Gasteiger partial charge in [-0.2, -0.15) is 13.2 Å². The molecule has 0 aliphatic rings. The molecule has 0 saturated heterocycles. The number of phosphoric ester groups is 1. The van der Waals surface area contributed by atoms with Crippen LogP contribution in [0.3, 0.4) is 0 Å². The van der Waals surface area contributed by atoms with Gasteiger partial charge in [0.2, 0.25) is 11.7 Å². The van der Waals surface area contributed by atoms with Gasteiger partial charge in [0.15, 0.2) is 5.43 Å². The molecule has 2 aromatic heterocycles. The van der Waals surface area contributed by atoms with Crippen LogP contribution in [-0.2, 0) is 21.9 Å². The molecule has 3 aromatic carbocycles. The number of oxazole rings is 1. The third kappa shape index (κ3) is 7.78. The highest BCUT2D eigenvalue weighted by molar-refractivity contribution is 7.46. The fraction of sp³-hybridized carbons (Fsp3) is 0.314. The molecule has 0 aliphatic carbocycles. The second kappa shape index (κ2) is 13.0. The first kappa shape index (κ1) is 36.8. The Hall–Kier alpha value is -4.49. The van der Waals surface area contributed by atoms with Crippen molar-refractivity contribution in [1.82, 2.24) is 4.98 Å². The van der Waals surface area contributed by atoms with Crippen molar-refractivity contribution in [1.29, 1.82) is 0 Å². The highest BCUT2D eigenvalue weighted by Crippen LogP contribution is 2.56. The number of phosphoric acid groups is 1. The van der Waals surface area contributed by atoms with E-state index < -0.39 is 42.0 Å². The van der Waals surface area contributed by atoms with Crippen LogP contribution in [0.5, 0.6) is 11.5 Å². The summed E-state index contributed by atoms with van der Waals surface area (Å²) in [4.78, 5) is 37.0. The maximum absolute atomic E-state index is 13.8. The van der Waals surface area contributed by atoms with Crippen molar-refractivity contribution in [2.24, 2.45) is 10.8 Å². The number of hydrogen-bond donors (Lipinski definition) is 2. The molecule has 5 rings (SSSR count). The summed E-state index contributed by atoms with van der Waals surface area (Å²) >= 11 is 0. The van der Waals surface area contributed by atoms with Crippen LogP contribution in [0, 0.1) is 16.6 Å². The maximum atomic E-state index is 13.8. The smallest absolute Gasteiger partial charge is 0.472 e. The lowest BCUT2D eigenvalue weighted by molar-refractivity contribution is -0.255. The highest BCUT2D eigenvalue weighted by atomic mass is 31.2. The molecule has 2 N–H and O–H groups in total. The Bertz CT molecular complexity index is 2110. The molecule has 10 nitrogen and oxygen atoms in total. The Kier molecular flexibility index (Phi) is 9.56. The molecule has 15 heteroatoms. The van der Waals surface area contributed by atoms with E-state index in [4.69, 9.17) is 22.8 Å². The predicted octanol–water partition coefficient (Wildman–Crippen LogP) is 9.13. The van der Waals surface area contributed by atoms with Crippen LogP contribution in [0.2, 0.25) is 0 Å². The van der Waals surface area contributed by atoms with Crippen molar-refractivity contribution in [3.05, 3.63) is 100 Å². The van der Waals surface area contributed by atoms with E-state index in [1.165, 1.54) is 30.7 Å². The van der Waals surface area contributed by atoms with Gasteiger partial charge in [-0.3, -0.25) is 4.79 Å². The molecule has 0 atom stereocenters. The monoisotopic (exact) mass is 719 g/mol. The van der Waals surface area contributed by atoms with Crippen LogP contribution in [0.4, 0.5) is 17.6 Å². The van der Waals surface area contributed by atoms with Gasteiger partial charge in [-0.25, -0.2) is 18.5 Å². The number of aromatic nitrogens is 1. The van der Waals surface area contributed by atoms with Crippen LogP contribution < -0.4 is 14.9 Å². The Morgan fingerprint density at radius 3 is 2.06 bits per heavy atom. The molecule has 50 heavy (non-hydrogen) atoms. The quantitative estimate of drug-likeness (QED) is 0.0861. The van der Waals surface area contributed by atoms with Gasteiger partial charge in [0, 0.05) is 22.5 Å². The van der Waals surface area contributed by atoms with Gasteiger partial charge in [-0.15, -0.1) is 0 Å². The van der Waals surface area contributed by atoms with Crippen molar-refractivity contribution in [3.8, 4) is 34.1 Å². The summed E-state index contributed by atoms with van der Waals surface area (Å²) in [5.41, 5.74) is -2.33. The first-order valence-electron chi connectivity index (χ1n) is 15.1. The van der Waals surface area contributed by atoms with Crippen molar-refractivity contribution < 1.29 is 54.7 Å². The normalized spacial score (nSPS) is 13.1. The summed E-state index contributed by atoms with van der Waals surface area (Å²) in [7, 11) is -4.98. The SMILES string of the molecule is CC(C)(C)C(Oc1ccc(-c2coc3cc(OCc4coc(-c5cc(F)cc(C(F)(F)F)c5)n4)ccc3c2=O)cc1)(OP(=O)(O)O)C(C)(C)C. The molecule has 0 bridgehead atoms. The zero-order valence-electron chi connectivity index (χ0n) is 27.8. The lowest BCUT2D eigenvalue weighted by Crippen LogP contribution is -2.59. The van der Waals surface area contributed by atoms with E-state index in [0.717, 1.165) is 12.1 Å². The molecule has 0 fully saturated rings. The first-order chi connectivity index (χ1) is 23.1. The Morgan fingerprint density at radius 1 is 0.820 bits per heavy atom. The zero-order valence-corrected chi connectivity index (χ0v) is 28.7. The van der Waals surface area contributed by atoms with E-state index >= 15 is 0 Å². The second-order valence-corrected chi connectivity index (χ2v) is 14.8. The molecule has 0 spiro atoms. The van der Waals surface area contributed by atoms with Crippen molar-refractivity contribution in [2.45, 2.75) is 60.1 Å². The zero-order chi connectivity index (χ0) is 36.9. The Morgan fingerprint density at radius 2 is 1.46 bits per heavy atom. The van der Waals surface area contributed by atoms with Gasteiger partial charge in [0.1, 0.15) is 47.7 Å². The molecular weight excluding hydrogens is 685 g/mol. The summed E-state index contributed by atoms with van der Waals surface area (Å²) in [5, 5.41) is 0.250. The third-order valence-corrected chi connectivity index (χ3v) is 8.30. The van der Waals surface area contributed by atoms with Gasteiger partial charge >= 0.3 is 14.0 Å². The Balaban J connectivity index is 1.33. The van der Waals surface area contributed by atoms with Gasteiger partial charge in [-0.05, 0) is 48.0 Å². The fourth-order valence-electron chi connectivity index (χ4n) is 5.70. The maximum Gasteiger partial charge on any atom is 0.472 e. The van der Waals surface area contributed by atoms with Crippen molar-refractivity contribution >= 4 is 18.8 Å². The molecule has 0 saturated carbocycles. The second-order valence-electron chi connectivity index (χ2n) is 13.6.